The first kappa shape index (κ1) is 16.5. The summed E-state index contributed by atoms with van der Waals surface area (Å²) in [6.45, 7) is 2.62. The van der Waals surface area contributed by atoms with Crippen molar-refractivity contribution in [2.45, 2.75) is 45.3 Å². The smallest absolute Gasteiger partial charge is 0.259 e. The number of rotatable bonds is 4. The Morgan fingerprint density at radius 2 is 2.04 bits per heavy atom. The van der Waals surface area contributed by atoms with Crippen LogP contribution in [0.4, 0.5) is 0 Å². The van der Waals surface area contributed by atoms with E-state index in [2.05, 4.69) is 16.9 Å². The number of benzene rings is 1. The Balaban J connectivity index is 1.58. The molecule has 2 heterocycles. The van der Waals surface area contributed by atoms with Gasteiger partial charge in [-0.1, -0.05) is 50.1 Å². The summed E-state index contributed by atoms with van der Waals surface area (Å²) < 4.78 is 6.05. The van der Waals surface area contributed by atoms with Gasteiger partial charge in [0.05, 0.1) is 11.5 Å². The van der Waals surface area contributed by atoms with Gasteiger partial charge in [0.15, 0.2) is 0 Å². The highest BCUT2D eigenvalue weighted by Gasteiger charge is 2.22. The van der Waals surface area contributed by atoms with Crippen molar-refractivity contribution >= 4 is 21.6 Å². The molecular formula is C20H22N2O2S. The van der Waals surface area contributed by atoms with Gasteiger partial charge in [-0.25, -0.2) is 4.98 Å². The number of fused-ring (bicyclic) bond motifs is 1. The quantitative estimate of drug-likeness (QED) is 0.736. The van der Waals surface area contributed by atoms with Crippen molar-refractivity contribution < 1.29 is 4.74 Å². The molecule has 2 atom stereocenters. The molecule has 0 spiro atoms. The zero-order chi connectivity index (χ0) is 17.2. The molecule has 130 valence electrons. The van der Waals surface area contributed by atoms with Crippen molar-refractivity contribution in [1.29, 1.82) is 0 Å². The second-order valence-corrected chi connectivity index (χ2v) is 7.85. The number of aromatic nitrogens is 2. The molecule has 1 N–H and O–H groups in total. The van der Waals surface area contributed by atoms with E-state index in [0.717, 1.165) is 21.7 Å². The molecule has 1 aromatic carbocycles. The van der Waals surface area contributed by atoms with Crippen molar-refractivity contribution in [2.24, 2.45) is 5.92 Å². The summed E-state index contributed by atoms with van der Waals surface area (Å²) in [5.41, 5.74) is 1.03. The van der Waals surface area contributed by atoms with Crippen molar-refractivity contribution in [3.8, 4) is 10.4 Å². The van der Waals surface area contributed by atoms with Crippen molar-refractivity contribution in [2.75, 3.05) is 0 Å². The van der Waals surface area contributed by atoms with Crippen LogP contribution in [0, 0.1) is 5.92 Å². The van der Waals surface area contributed by atoms with Gasteiger partial charge in [0.25, 0.3) is 5.56 Å². The van der Waals surface area contributed by atoms with Crippen LogP contribution in [0.1, 0.15) is 38.4 Å². The fraction of sp³-hybridized carbons (Fsp3) is 0.400. The van der Waals surface area contributed by atoms with Crippen LogP contribution in [-0.4, -0.2) is 16.1 Å². The fourth-order valence-corrected chi connectivity index (χ4v) is 4.56. The number of hydrogen-bond donors (Lipinski definition) is 1. The van der Waals surface area contributed by atoms with Crippen LogP contribution in [0.3, 0.4) is 0 Å². The van der Waals surface area contributed by atoms with Crippen LogP contribution in [-0.2, 0) is 11.3 Å². The van der Waals surface area contributed by atoms with E-state index < -0.39 is 0 Å². The van der Waals surface area contributed by atoms with Crippen LogP contribution in [0.2, 0.25) is 0 Å². The minimum absolute atomic E-state index is 0.0845. The summed E-state index contributed by atoms with van der Waals surface area (Å²) >= 11 is 1.55. The van der Waals surface area contributed by atoms with Crippen LogP contribution < -0.4 is 5.56 Å². The third-order valence-corrected chi connectivity index (χ3v) is 6.05. The second kappa shape index (κ2) is 7.10. The number of hydrogen-bond acceptors (Lipinski definition) is 4. The van der Waals surface area contributed by atoms with Crippen molar-refractivity contribution in [1.82, 2.24) is 9.97 Å². The number of nitrogens with one attached hydrogen (secondary N) is 1. The zero-order valence-corrected chi connectivity index (χ0v) is 15.1. The van der Waals surface area contributed by atoms with Gasteiger partial charge in [-0.05, 0) is 30.4 Å². The molecule has 25 heavy (non-hydrogen) atoms. The maximum absolute atomic E-state index is 12.4. The number of aromatic amines is 1. The topological polar surface area (TPSA) is 55.0 Å². The normalized spacial score (nSPS) is 20.8. The predicted molar refractivity (Wildman–Crippen MR) is 102 cm³/mol. The standard InChI is InChI=1S/C20H22N2O2S/c1-13-7-5-6-10-16(13)24-12-18-21-19(23)15-11-17(25-20(15)22-18)14-8-3-2-4-9-14/h2-4,8-9,11,13,16H,5-7,10,12H2,1H3,(H,21,22,23)/t13-,16+/m1/s1. The monoisotopic (exact) mass is 354 g/mol. The van der Waals surface area contributed by atoms with E-state index in [1.54, 1.807) is 11.3 Å². The van der Waals surface area contributed by atoms with Gasteiger partial charge in [-0.2, -0.15) is 0 Å². The molecule has 1 saturated carbocycles. The number of ether oxygens (including phenoxy) is 1. The molecule has 3 aromatic rings. The Morgan fingerprint density at radius 1 is 1.24 bits per heavy atom. The lowest BCUT2D eigenvalue weighted by molar-refractivity contribution is -0.0181. The average Bonchev–Trinajstić information content (AvgIpc) is 3.07. The molecule has 0 radical (unpaired) electrons. The first-order valence-electron chi connectivity index (χ1n) is 8.90. The molecule has 0 aliphatic heterocycles. The molecular weight excluding hydrogens is 332 g/mol. The van der Waals surface area contributed by atoms with Gasteiger partial charge in [0.2, 0.25) is 0 Å². The molecule has 5 heteroatoms. The first-order valence-corrected chi connectivity index (χ1v) is 9.72. The van der Waals surface area contributed by atoms with Gasteiger partial charge in [-0.3, -0.25) is 4.79 Å². The highest BCUT2D eigenvalue weighted by Crippen LogP contribution is 2.31. The van der Waals surface area contributed by atoms with Crippen molar-refractivity contribution in [3.63, 3.8) is 0 Å². The Kier molecular flexibility index (Phi) is 4.68. The Bertz CT molecular complexity index is 916. The molecule has 0 unspecified atom stereocenters. The Morgan fingerprint density at radius 3 is 2.84 bits per heavy atom. The second-order valence-electron chi connectivity index (χ2n) is 6.82. The molecule has 4 rings (SSSR count). The summed E-state index contributed by atoms with van der Waals surface area (Å²) in [5.74, 6) is 1.20. The van der Waals surface area contributed by atoms with Crippen LogP contribution in [0.25, 0.3) is 20.7 Å². The molecule has 2 aromatic heterocycles. The largest absolute Gasteiger partial charge is 0.370 e. The summed E-state index contributed by atoms with van der Waals surface area (Å²) in [5, 5.41) is 0.652. The van der Waals surface area contributed by atoms with Crippen molar-refractivity contribution in [3.05, 3.63) is 52.6 Å². The van der Waals surface area contributed by atoms with Gasteiger partial charge in [-0.15, -0.1) is 11.3 Å². The van der Waals surface area contributed by atoms with E-state index in [1.165, 1.54) is 19.3 Å². The van der Waals surface area contributed by atoms with Crippen LogP contribution >= 0.6 is 11.3 Å². The molecule has 1 fully saturated rings. The van der Waals surface area contributed by atoms with Crippen LogP contribution in [0.5, 0.6) is 0 Å². The zero-order valence-electron chi connectivity index (χ0n) is 14.3. The maximum Gasteiger partial charge on any atom is 0.259 e. The summed E-state index contributed by atoms with van der Waals surface area (Å²) in [4.78, 5) is 21.8. The third-order valence-electron chi connectivity index (χ3n) is 4.98. The molecule has 1 aliphatic carbocycles. The van der Waals surface area contributed by atoms with Gasteiger partial charge in [0.1, 0.15) is 17.3 Å². The molecule has 0 amide bonds. The van der Waals surface area contributed by atoms with E-state index in [4.69, 9.17) is 4.74 Å². The summed E-state index contributed by atoms with van der Waals surface area (Å²) in [6.07, 6.45) is 5.12. The predicted octanol–water partition coefficient (Wildman–Crippen LogP) is 4.75. The third kappa shape index (κ3) is 3.53. The van der Waals surface area contributed by atoms with Gasteiger partial charge >= 0.3 is 0 Å². The number of H-pyrrole nitrogens is 1. The molecule has 0 saturated heterocycles. The fourth-order valence-electron chi connectivity index (χ4n) is 3.50. The maximum atomic E-state index is 12.4. The van der Waals surface area contributed by atoms with Gasteiger partial charge in [0, 0.05) is 4.88 Å². The lowest BCUT2D eigenvalue weighted by Gasteiger charge is -2.28. The molecule has 1 aliphatic rings. The SMILES string of the molecule is C[C@@H]1CCCC[C@@H]1OCc1nc2sc(-c3ccccc3)cc2c(=O)[nH]1. The summed E-state index contributed by atoms with van der Waals surface area (Å²) in [7, 11) is 0. The minimum atomic E-state index is -0.0845. The minimum Gasteiger partial charge on any atom is -0.370 e. The highest BCUT2D eigenvalue weighted by molar-refractivity contribution is 7.21. The molecule has 0 bridgehead atoms. The van der Waals surface area contributed by atoms with E-state index in [0.29, 0.717) is 23.7 Å². The summed E-state index contributed by atoms with van der Waals surface area (Å²) in [6, 6.07) is 12.0. The van der Waals surface area contributed by atoms with E-state index in [-0.39, 0.29) is 11.7 Å². The Labute approximate surface area is 150 Å². The lowest BCUT2D eigenvalue weighted by Crippen LogP contribution is -2.26. The number of thiophene rings is 1. The first-order chi connectivity index (χ1) is 12.2. The average molecular weight is 354 g/mol. The highest BCUT2D eigenvalue weighted by atomic mass is 32.1. The van der Waals surface area contributed by atoms with E-state index >= 15 is 0 Å². The van der Waals surface area contributed by atoms with Gasteiger partial charge < -0.3 is 9.72 Å². The van der Waals surface area contributed by atoms with E-state index in [9.17, 15) is 4.79 Å². The lowest BCUT2D eigenvalue weighted by atomic mass is 9.88. The Hall–Kier alpha value is -1.98. The molecule has 4 nitrogen and oxygen atoms in total. The number of nitrogens with zero attached hydrogens (tertiary/aromatic N) is 1. The van der Waals surface area contributed by atoms with Crippen LogP contribution in [0.15, 0.2) is 41.2 Å². The van der Waals surface area contributed by atoms with E-state index in [1.807, 2.05) is 36.4 Å².